The molecule has 4 rings (SSSR count). The summed E-state index contributed by atoms with van der Waals surface area (Å²) in [4.78, 5) is 5.88. The lowest BCUT2D eigenvalue weighted by molar-refractivity contribution is 0.185. The number of ether oxygens (including phenoxy) is 3. The van der Waals surface area contributed by atoms with E-state index in [1.54, 1.807) is 20.5 Å². The highest BCUT2D eigenvalue weighted by Crippen LogP contribution is 2.40. The molecule has 7 heteroatoms. The van der Waals surface area contributed by atoms with E-state index in [1.807, 2.05) is 13.0 Å². The number of rotatable bonds is 10. The highest BCUT2D eigenvalue weighted by atomic mass is 32.2. The van der Waals surface area contributed by atoms with Gasteiger partial charge in [-0.2, -0.15) is 0 Å². The summed E-state index contributed by atoms with van der Waals surface area (Å²) >= 11 is -0.814. The van der Waals surface area contributed by atoms with Crippen molar-refractivity contribution in [2.24, 2.45) is 0 Å². The Morgan fingerprint density at radius 1 is 1.15 bits per heavy atom. The second-order valence-corrected chi connectivity index (χ2v) is 10.0. The van der Waals surface area contributed by atoms with Crippen LogP contribution in [0.15, 0.2) is 36.5 Å². The lowest BCUT2D eigenvalue weighted by Crippen LogP contribution is -2.38. The van der Waals surface area contributed by atoms with E-state index in [-0.39, 0.29) is 6.04 Å². The van der Waals surface area contributed by atoms with Gasteiger partial charge in [-0.05, 0) is 73.2 Å². The third kappa shape index (κ3) is 5.26. The fourth-order valence-electron chi connectivity index (χ4n) is 4.82. The molecule has 0 saturated heterocycles. The van der Waals surface area contributed by atoms with Crippen LogP contribution < -0.4 is 14.2 Å². The zero-order valence-electron chi connectivity index (χ0n) is 20.0. The van der Waals surface area contributed by atoms with E-state index in [2.05, 4.69) is 40.3 Å². The molecule has 0 spiro atoms. The standard InChI is InChI=1S/C26H34N2O4S/c1-5-32-26-16-22-18(14-25(26)31-3)10-11-28(12-13-33(4)29)24(22)9-6-19-17-27-23-8-7-20(30-2)15-21(19)23/h7-8,14-17,24,27H,5-6,9-13H2,1-4H3. The van der Waals surface area contributed by atoms with E-state index >= 15 is 0 Å². The first-order valence-electron chi connectivity index (χ1n) is 11.6. The Hall–Kier alpha value is -2.35. The minimum atomic E-state index is -0.814. The van der Waals surface area contributed by atoms with E-state index in [9.17, 15) is 4.55 Å². The minimum Gasteiger partial charge on any atom is -0.617 e. The average molecular weight is 471 g/mol. The average Bonchev–Trinajstić information content (AvgIpc) is 3.23. The van der Waals surface area contributed by atoms with Crippen molar-refractivity contribution in [1.82, 2.24) is 9.88 Å². The maximum absolute atomic E-state index is 11.8. The molecule has 0 bridgehead atoms. The van der Waals surface area contributed by atoms with Crippen molar-refractivity contribution in [3.05, 3.63) is 53.2 Å². The second-order valence-electron chi connectivity index (χ2n) is 8.48. The molecule has 0 amide bonds. The van der Waals surface area contributed by atoms with Gasteiger partial charge in [-0.1, -0.05) is 11.2 Å². The molecule has 2 aromatic carbocycles. The number of nitrogens with zero attached hydrogens (tertiary/aromatic N) is 1. The molecule has 1 aliphatic heterocycles. The molecule has 178 valence electrons. The molecule has 1 N–H and O–H groups in total. The van der Waals surface area contributed by atoms with Gasteiger partial charge in [0.1, 0.15) is 11.5 Å². The van der Waals surface area contributed by atoms with Crippen molar-refractivity contribution in [2.45, 2.75) is 32.2 Å². The molecule has 0 fully saturated rings. The van der Waals surface area contributed by atoms with E-state index < -0.39 is 11.2 Å². The highest BCUT2D eigenvalue weighted by Gasteiger charge is 2.29. The summed E-state index contributed by atoms with van der Waals surface area (Å²) in [6.45, 7) is 4.36. The number of aromatic amines is 1. The quantitative estimate of drug-likeness (QED) is 0.442. The predicted octanol–water partition coefficient (Wildman–Crippen LogP) is 4.49. The number of benzene rings is 2. The van der Waals surface area contributed by atoms with E-state index in [4.69, 9.17) is 14.2 Å². The topological polar surface area (TPSA) is 69.8 Å². The van der Waals surface area contributed by atoms with Gasteiger partial charge >= 0.3 is 0 Å². The van der Waals surface area contributed by atoms with E-state index in [1.165, 1.54) is 22.1 Å². The number of aromatic nitrogens is 1. The molecule has 1 aromatic heterocycles. The van der Waals surface area contributed by atoms with Gasteiger partial charge in [0.2, 0.25) is 0 Å². The first-order chi connectivity index (χ1) is 16.0. The summed E-state index contributed by atoms with van der Waals surface area (Å²) in [5.74, 6) is 3.14. The minimum absolute atomic E-state index is 0.234. The van der Waals surface area contributed by atoms with Gasteiger partial charge in [0.15, 0.2) is 11.5 Å². The number of aryl methyl sites for hydroxylation is 1. The molecule has 3 aromatic rings. The van der Waals surface area contributed by atoms with Gasteiger partial charge in [0.05, 0.1) is 27.1 Å². The van der Waals surface area contributed by atoms with Crippen LogP contribution in [-0.2, 0) is 24.0 Å². The Morgan fingerprint density at radius 2 is 2.00 bits per heavy atom. The number of methoxy groups -OCH3 is 2. The van der Waals surface area contributed by atoms with Crippen LogP contribution in [0.4, 0.5) is 0 Å². The van der Waals surface area contributed by atoms with Gasteiger partial charge in [-0.15, -0.1) is 0 Å². The van der Waals surface area contributed by atoms with Crippen LogP contribution in [0.25, 0.3) is 10.9 Å². The van der Waals surface area contributed by atoms with Crippen LogP contribution in [-0.4, -0.2) is 60.4 Å². The van der Waals surface area contributed by atoms with Crippen molar-refractivity contribution in [2.75, 3.05) is 45.9 Å². The van der Waals surface area contributed by atoms with Crippen LogP contribution in [0.3, 0.4) is 0 Å². The first-order valence-corrected chi connectivity index (χ1v) is 13.3. The predicted molar refractivity (Wildman–Crippen MR) is 134 cm³/mol. The van der Waals surface area contributed by atoms with Crippen LogP contribution in [0, 0.1) is 0 Å². The number of hydrogen-bond acceptors (Lipinski definition) is 5. The smallest absolute Gasteiger partial charge is 0.161 e. The van der Waals surface area contributed by atoms with Gasteiger partial charge in [-0.25, -0.2) is 0 Å². The Morgan fingerprint density at radius 3 is 2.73 bits per heavy atom. The van der Waals surface area contributed by atoms with Crippen molar-refractivity contribution < 1.29 is 18.8 Å². The molecule has 2 unspecified atom stereocenters. The van der Waals surface area contributed by atoms with Crippen LogP contribution >= 0.6 is 0 Å². The summed E-state index contributed by atoms with van der Waals surface area (Å²) in [6.07, 6.45) is 6.74. The van der Waals surface area contributed by atoms with Crippen LogP contribution in [0.5, 0.6) is 17.2 Å². The SMILES string of the molecule is CCOc1cc2c(cc1OC)CCN(CC[S+](C)[O-])C2CCc1c[nH]c2ccc(OC)cc12. The fourth-order valence-corrected chi connectivity index (χ4v) is 5.32. The first kappa shape index (κ1) is 23.8. The summed E-state index contributed by atoms with van der Waals surface area (Å²) in [5, 5.41) is 1.20. The summed E-state index contributed by atoms with van der Waals surface area (Å²) in [6, 6.07) is 10.7. The molecule has 0 radical (unpaired) electrons. The molecule has 2 heterocycles. The largest absolute Gasteiger partial charge is 0.617 e. The molecular weight excluding hydrogens is 436 g/mol. The normalized spacial score (nSPS) is 17.1. The summed E-state index contributed by atoms with van der Waals surface area (Å²) in [5.41, 5.74) is 5.02. The molecule has 0 aliphatic carbocycles. The maximum Gasteiger partial charge on any atom is 0.161 e. The monoisotopic (exact) mass is 470 g/mol. The van der Waals surface area contributed by atoms with Crippen molar-refractivity contribution in [3.63, 3.8) is 0 Å². The third-order valence-electron chi connectivity index (χ3n) is 6.52. The molecule has 6 nitrogen and oxygen atoms in total. The molecular formula is C26H34N2O4S. The van der Waals surface area contributed by atoms with Crippen LogP contribution in [0.2, 0.25) is 0 Å². The van der Waals surface area contributed by atoms with E-state index in [0.717, 1.165) is 55.1 Å². The zero-order chi connectivity index (χ0) is 23.4. The molecule has 0 saturated carbocycles. The number of hydrogen-bond donors (Lipinski definition) is 1. The summed E-state index contributed by atoms with van der Waals surface area (Å²) in [7, 11) is 3.39. The van der Waals surface area contributed by atoms with Gasteiger partial charge in [0, 0.05) is 36.2 Å². The highest BCUT2D eigenvalue weighted by molar-refractivity contribution is 7.90. The number of fused-ring (bicyclic) bond motifs is 2. The second kappa shape index (κ2) is 10.7. The summed E-state index contributed by atoms with van der Waals surface area (Å²) < 4.78 is 28.8. The van der Waals surface area contributed by atoms with Crippen LogP contribution in [0.1, 0.15) is 36.1 Å². The van der Waals surface area contributed by atoms with Crippen molar-refractivity contribution in [1.29, 1.82) is 0 Å². The zero-order valence-corrected chi connectivity index (χ0v) is 20.8. The van der Waals surface area contributed by atoms with Gasteiger partial charge in [-0.3, -0.25) is 4.90 Å². The Labute approximate surface area is 199 Å². The lowest BCUT2D eigenvalue weighted by Gasteiger charge is -2.37. The molecule has 33 heavy (non-hydrogen) atoms. The van der Waals surface area contributed by atoms with E-state index in [0.29, 0.717) is 12.4 Å². The third-order valence-corrected chi connectivity index (χ3v) is 7.28. The van der Waals surface area contributed by atoms with Crippen molar-refractivity contribution >= 4 is 22.1 Å². The fraction of sp³-hybridized carbons (Fsp3) is 0.462. The maximum atomic E-state index is 11.8. The number of H-pyrrole nitrogens is 1. The Kier molecular flexibility index (Phi) is 7.73. The lowest BCUT2D eigenvalue weighted by atomic mass is 9.88. The molecule has 2 atom stereocenters. The van der Waals surface area contributed by atoms with Gasteiger partial charge in [0.25, 0.3) is 0 Å². The Balaban J connectivity index is 1.64. The Bertz CT molecular complexity index is 1080. The van der Waals surface area contributed by atoms with Gasteiger partial charge < -0.3 is 23.7 Å². The number of nitrogens with one attached hydrogen (secondary N) is 1. The molecule has 1 aliphatic rings. The van der Waals surface area contributed by atoms with Crippen molar-refractivity contribution in [3.8, 4) is 17.2 Å².